The molecular weight excluding hydrogens is 337 g/mol. The topological polar surface area (TPSA) is 85.2 Å². The Bertz CT molecular complexity index is 634. The minimum atomic E-state index is -0.502. The van der Waals surface area contributed by atoms with Gasteiger partial charge in [-0.1, -0.05) is 24.6 Å². The minimum Gasteiger partial charge on any atom is -0.474 e. The molecule has 1 aromatic carbocycles. The first-order valence-electron chi connectivity index (χ1n) is 5.48. The van der Waals surface area contributed by atoms with Gasteiger partial charge in [0.05, 0.1) is 12.0 Å². The van der Waals surface area contributed by atoms with Crippen LogP contribution in [0.2, 0.25) is 0 Å². The zero-order valence-electron chi connectivity index (χ0n) is 11.0. The average Bonchev–Trinajstić information content (AvgIpc) is 2.80. The van der Waals surface area contributed by atoms with Gasteiger partial charge in [-0.3, -0.25) is 14.9 Å². The Morgan fingerprint density at radius 2 is 1.95 bits per heavy atom. The van der Waals surface area contributed by atoms with E-state index in [1.807, 2.05) is 0 Å². The molecule has 0 saturated carbocycles. The number of aromatic nitrogens is 1. The van der Waals surface area contributed by atoms with Crippen molar-refractivity contribution in [2.24, 2.45) is 0 Å². The fraction of sp³-hybridized carbons (Fsp3) is 0.154. The van der Waals surface area contributed by atoms with Crippen LogP contribution in [0.4, 0.5) is 5.69 Å². The molecule has 0 spiro atoms. The van der Waals surface area contributed by atoms with Crippen molar-refractivity contribution in [1.29, 1.82) is 0 Å². The van der Waals surface area contributed by atoms with E-state index in [0.29, 0.717) is 11.1 Å². The standard InChI is InChI=1S/C13H11N2O4.Y/c1-8-7-14-12(13(16)19-2)11(8)9-3-5-10(6-4-9)15(17)18;/h3-6,14H,1-2H3;/q-1;. The van der Waals surface area contributed by atoms with Crippen LogP contribution in [0.15, 0.2) is 24.3 Å². The summed E-state index contributed by atoms with van der Waals surface area (Å²) in [5.41, 5.74) is 2.37. The molecule has 1 aromatic heterocycles. The predicted molar refractivity (Wildman–Crippen MR) is 67.8 cm³/mol. The average molecular weight is 348 g/mol. The maximum absolute atomic E-state index is 11.6. The number of nitro groups is 1. The molecule has 0 aliphatic heterocycles. The van der Waals surface area contributed by atoms with Crippen LogP contribution >= 0.6 is 0 Å². The van der Waals surface area contributed by atoms with E-state index in [1.54, 1.807) is 19.1 Å². The Hall–Kier alpha value is -1.53. The molecule has 0 amide bonds. The predicted octanol–water partition coefficient (Wildman–Crippen LogP) is 2.48. The van der Waals surface area contributed by atoms with Gasteiger partial charge < -0.3 is 9.72 Å². The van der Waals surface area contributed by atoms with E-state index in [9.17, 15) is 14.9 Å². The molecule has 2 aromatic rings. The first-order valence-corrected chi connectivity index (χ1v) is 5.48. The van der Waals surface area contributed by atoms with Crippen molar-refractivity contribution in [2.75, 3.05) is 7.11 Å². The molecule has 0 bridgehead atoms. The van der Waals surface area contributed by atoms with Gasteiger partial charge in [0.1, 0.15) is 0 Å². The molecule has 0 fully saturated rings. The molecule has 1 radical (unpaired) electrons. The van der Waals surface area contributed by atoms with Crippen molar-refractivity contribution in [3.8, 4) is 11.1 Å². The van der Waals surface area contributed by atoms with Crippen LogP contribution in [0.25, 0.3) is 11.1 Å². The van der Waals surface area contributed by atoms with E-state index in [-0.39, 0.29) is 44.1 Å². The number of benzene rings is 1. The van der Waals surface area contributed by atoms with Crippen LogP contribution < -0.4 is 0 Å². The molecule has 0 saturated heterocycles. The molecule has 1 heterocycles. The van der Waals surface area contributed by atoms with Crippen LogP contribution in [0.3, 0.4) is 0 Å². The van der Waals surface area contributed by atoms with Crippen molar-refractivity contribution in [3.63, 3.8) is 0 Å². The molecule has 0 aliphatic carbocycles. The second-order valence-corrected chi connectivity index (χ2v) is 3.92. The normalized spacial score (nSPS) is 9.70. The number of aryl methyl sites for hydroxylation is 1. The number of nitro benzene ring substituents is 1. The van der Waals surface area contributed by atoms with Gasteiger partial charge in [0.2, 0.25) is 0 Å². The zero-order chi connectivity index (χ0) is 14.0. The van der Waals surface area contributed by atoms with Crippen molar-refractivity contribution in [1.82, 2.24) is 4.98 Å². The number of ether oxygens (including phenoxy) is 1. The number of carbonyl (C=O) groups excluding carboxylic acids is 1. The zero-order valence-corrected chi connectivity index (χ0v) is 13.8. The Morgan fingerprint density at radius 3 is 2.45 bits per heavy atom. The number of carbonyl (C=O) groups is 1. The molecular formula is C13H11N2O4Y-. The van der Waals surface area contributed by atoms with E-state index in [2.05, 4.69) is 15.9 Å². The first kappa shape index (κ1) is 16.5. The van der Waals surface area contributed by atoms with Crippen molar-refractivity contribution >= 4 is 11.7 Å². The summed E-state index contributed by atoms with van der Waals surface area (Å²) < 4.78 is 4.68. The van der Waals surface area contributed by atoms with Gasteiger partial charge in [-0.05, 0) is 5.69 Å². The Kier molecular flexibility index (Phi) is 5.59. The van der Waals surface area contributed by atoms with Crippen LogP contribution in [0.1, 0.15) is 16.1 Å². The number of non-ortho nitro benzene ring substituents is 1. The van der Waals surface area contributed by atoms with Crippen LogP contribution in [0, 0.1) is 23.2 Å². The number of nitrogens with zero attached hydrogens (tertiary/aromatic N) is 1. The van der Waals surface area contributed by atoms with Crippen LogP contribution in [-0.4, -0.2) is 23.0 Å². The summed E-state index contributed by atoms with van der Waals surface area (Å²) in [5, 5.41) is 10.6. The summed E-state index contributed by atoms with van der Waals surface area (Å²) in [6.45, 7) is 1.79. The minimum absolute atomic E-state index is 0. The molecule has 1 N–H and O–H groups in total. The van der Waals surface area contributed by atoms with Crippen molar-refractivity contribution < 1.29 is 47.2 Å². The number of hydrogen-bond donors (Lipinski definition) is 1. The largest absolute Gasteiger partial charge is 0.474 e. The molecule has 101 valence electrons. The molecule has 20 heavy (non-hydrogen) atoms. The summed E-state index contributed by atoms with van der Waals surface area (Å²) >= 11 is 0. The van der Waals surface area contributed by atoms with Gasteiger partial charge in [0, 0.05) is 44.8 Å². The van der Waals surface area contributed by atoms with Gasteiger partial charge in [-0.15, -0.1) is 17.3 Å². The van der Waals surface area contributed by atoms with Crippen LogP contribution in [-0.2, 0) is 37.4 Å². The third-order valence-electron chi connectivity index (χ3n) is 2.76. The Labute approximate surface area is 140 Å². The summed E-state index contributed by atoms with van der Waals surface area (Å²) in [4.78, 5) is 24.5. The smallest absolute Gasteiger partial charge is 0.286 e. The number of hydrogen-bond acceptors (Lipinski definition) is 4. The molecule has 2 rings (SSSR count). The second-order valence-electron chi connectivity index (χ2n) is 3.92. The third kappa shape index (κ3) is 3.13. The van der Waals surface area contributed by atoms with Gasteiger partial charge >= 0.3 is 0 Å². The number of rotatable bonds is 3. The van der Waals surface area contributed by atoms with Gasteiger partial charge in [0.15, 0.2) is 0 Å². The van der Waals surface area contributed by atoms with Gasteiger partial charge in [-0.2, -0.15) is 0 Å². The number of esters is 1. The van der Waals surface area contributed by atoms with E-state index < -0.39 is 10.9 Å². The number of methoxy groups -OCH3 is 1. The monoisotopic (exact) mass is 348 g/mol. The third-order valence-corrected chi connectivity index (χ3v) is 2.76. The van der Waals surface area contributed by atoms with E-state index in [1.165, 1.54) is 19.2 Å². The van der Waals surface area contributed by atoms with E-state index >= 15 is 0 Å². The van der Waals surface area contributed by atoms with Gasteiger partial charge in [-0.25, -0.2) is 0 Å². The maximum Gasteiger partial charge on any atom is 0.286 e. The summed E-state index contributed by atoms with van der Waals surface area (Å²) in [6.07, 6.45) is 2.83. The first-order chi connectivity index (χ1) is 9.04. The molecule has 0 aliphatic rings. The maximum atomic E-state index is 11.6. The van der Waals surface area contributed by atoms with Crippen LogP contribution in [0.5, 0.6) is 0 Å². The van der Waals surface area contributed by atoms with Gasteiger partial charge in [0.25, 0.3) is 11.7 Å². The molecule has 0 atom stereocenters. The number of H-pyrrole nitrogens is 1. The van der Waals surface area contributed by atoms with E-state index in [4.69, 9.17) is 0 Å². The quantitative estimate of drug-likeness (QED) is 0.400. The van der Waals surface area contributed by atoms with E-state index in [0.717, 1.165) is 5.56 Å². The van der Waals surface area contributed by atoms with Crippen molar-refractivity contribution in [3.05, 3.63) is 51.8 Å². The second kappa shape index (κ2) is 6.77. The number of aromatic amines is 1. The SMILES string of the molecule is COC(=O)c1[nH][c-]c(C)c1-c1ccc([N+](=O)[O-])cc1.[Y]. The van der Waals surface area contributed by atoms with Crippen molar-refractivity contribution in [2.45, 2.75) is 6.92 Å². The summed E-state index contributed by atoms with van der Waals surface area (Å²) in [7, 11) is 1.29. The fourth-order valence-electron chi connectivity index (χ4n) is 1.83. The molecule has 0 unspecified atom stereocenters. The fourth-order valence-corrected chi connectivity index (χ4v) is 1.83. The number of nitrogens with one attached hydrogen (secondary N) is 1. The molecule has 6 nitrogen and oxygen atoms in total. The Morgan fingerprint density at radius 1 is 1.35 bits per heavy atom. The molecule has 7 heteroatoms. The summed E-state index contributed by atoms with van der Waals surface area (Å²) in [6, 6.07) is 5.97. The Balaban J connectivity index is 0.00000200. The summed E-state index contributed by atoms with van der Waals surface area (Å²) in [5.74, 6) is -0.502.